The second-order valence-electron chi connectivity index (χ2n) is 4.86. The standard InChI is InChI=1S/C17H15ClN2/c1-12-4-3-5-15(20(12)2)8-6-13-11-19-17-9-7-14(18)10-16(13)17/h3-11H,1-2H3/b13-6+,15-8-. The van der Waals surface area contributed by atoms with Crippen molar-refractivity contribution in [2.24, 2.45) is 4.99 Å². The summed E-state index contributed by atoms with van der Waals surface area (Å²) in [5, 5.41) is 0.737. The van der Waals surface area contributed by atoms with Gasteiger partial charge >= 0.3 is 0 Å². The molecule has 20 heavy (non-hydrogen) atoms. The van der Waals surface area contributed by atoms with Crippen LogP contribution in [0.25, 0.3) is 5.57 Å². The highest BCUT2D eigenvalue weighted by atomic mass is 35.5. The molecule has 0 saturated heterocycles. The molecule has 2 heterocycles. The van der Waals surface area contributed by atoms with Gasteiger partial charge in [0.15, 0.2) is 0 Å². The van der Waals surface area contributed by atoms with Crippen molar-refractivity contribution in [3.05, 3.63) is 70.6 Å². The molecule has 2 nitrogen and oxygen atoms in total. The van der Waals surface area contributed by atoms with Crippen molar-refractivity contribution in [1.82, 2.24) is 4.90 Å². The van der Waals surface area contributed by atoms with E-state index in [2.05, 4.69) is 54.2 Å². The smallest absolute Gasteiger partial charge is 0.0709 e. The molecule has 0 saturated carbocycles. The zero-order chi connectivity index (χ0) is 14.1. The van der Waals surface area contributed by atoms with E-state index in [1.165, 1.54) is 5.70 Å². The fourth-order valence-electron chi connectivity index (χ4n) is 2.25. The number of nitrogens with zero attached hydrogens (tertiary/aromatic N) is 2. The van der Waals surface area contributed by atoms with Crippen molar-refractivity contribution < 1.29 is 0 Å². The first-order valence-corrected chi connectivity index (χ1v) is 6.87. The van der Waals surface area contributed by atoms with E-state index in [9.17, 15) is 0 Å². The van der Waals surface area contributed by atoms with Gasteiger partial charge in [0.25, 0.3) is 0 Å². The number of hydrogen-bond acceptors (Lipinski definition) is 2. The lowest BCUT2D eigenvalue weighted by Gasteiger charge is -2.23. The molecule has 100 valence electrons. The van der Waals surface area contributed by atoms with Gasteiger partial charge in [0.1, 0.15) is 0 Å². The summed E-state index contributed by atoms with van der Waals surface area (Å²) in [5.41, 5.74) is 5.53. The number of hydrogen-bond donors (Lipinski definition) is 0. The number of likely N-dealkylation sites (N-methyl/N-ethyl adjacent to an activating group) is 1. The topological polar surface area (TPSA) is 15.6 Å². The summed E-state index contributed by atoms with van der Waals surface area (Å²) < 4.78 is 0. The molecule has 0 N–H and O–H groups in total. The molecule has 2 aliphatic heterocycles. The van der Waals surface area contributed by atoms with Gasteiger partial charge in [0.05, 0.1) is 5.69 Å². The average Bonchev–Trinajstić information content (AvgIpc) is 2.83. The van der Waals surface area contributed by atoms with Crippen LogP contribution in [-0.4, -0.2) is 18.2 Å². The third-order valence-corrected chi connectivity index (χ3v) is 3.80. The third-order valence-electron chi connectivity index (χ3n) is 3.57. The van der Waals surface area contributed by atoms with Gasteiger partial charge < -0.3 is 4.90 Å². The average molecular weight is 283 g/mol. The summed E-state index contributed by atoms with van der Waals surface area (Å²) in [4.78, 5) is 6.55. The normalized spacial score (nSPS) is 20.8. The minimum absolute atomic E-state index is 0.737. The van der Waals surface area contributed by atoms with Crippen LogP contribution in [0.2, 0.25) is 5.02 Å². The molecule has 1 aromatic rings. The van der Waals surface area contributed by atoms with Crippen molar-refractivity contribution in [3.8, 4) is 0 Å². The molecule has 0 bridgehead atoms. The number of rotatable bonds is 1. The second-order valence-corrected chi connectivity index (χ2v) is 5.30. The second kappa shape index (κ2) is 5.14. The molecule has 0 fully saturated rings. The van der Waals surface area contributed by atoms with Gasteiger partial charge in [-0.1, -0.05) is 23.8 Å². The highest BCUT2D eigenvalue weighted by molar-refractivity contribution is 6.31. The fraction of sp³-hybridized carbons (Fsp3) is 0.118. The molecule has 0 spiro atoms. The summed E-state index contributed by atoms with van der Waals surface area (Å²) in [5.74, 6) is 0. The van der Waals surface area contributed by atoms with Crippen molar-refractivity contribution in [1.29, 1.82) is 0 Å². The third kappa shape index (κ3) is 2.35. The summed E-state index contributed by atoms with van der Waals surface area (Å²) in [6, 6.07) is 5.77. The Morgan fingerprint density at radius 3 is 2.95 bits per heavy atom. The predicted octanol–water partition coefficient (Wildman–Crippen LogP) is 4.73. The van der Waals surface area contributed by atoms with Crippen LogP contribution in [0.3, 0.4) is 0 Å². The maximum Gasteiger partial charge on any atom is 0.0709 e. The predicted molar refractivity (Wildman–Crippen MR) is 86.3 cm³/mol. The molecule has 0 aromatic heterocycles. The Balaban J connectivity index is 1.93. The Morgan fingerprint density at radius 2 is 2.10 bits per heavy atom. The van der Waals surface area contributed by atoms with Crippen molar-refractivity contribution in [3.63, 3.8) is 0 Å². The van der Waals surface area contributed by atoms with Crippen LogP contribution in [0.4, 0.5) is 5.69 Å². The van der Waals surface area contributed by atoms with Gasteiger partial charge in [-0.15, -0.1) is 0 Å². The molecule has 0 atom stereocenters. The zero-order valence-electron chi connectivity index (χ0n) is 11.5. The number of benzene rings is 1. The molecule has 3 rings (SSSR count). The Bertz CT molecular complexity index is 706. The van der Waals surface area contributed by atoms with Gasteiger partial charge in [-0.2, -0.15) is 0 Å². The van der Waals surface area contributed by atoms with E-state index in [0.29, 0.717) is 0 Å². The monoisotopic (exact) mass is 282 g/mol. The minimum atomic E-state index is 0.737. The molecule has 0 amide bonds. The largest absolute Gasteiger partial charge is 0.348 e. The quantitative estimate of drug-likeness (QED) is 0.727. The van der Waals surface area contributed by atoms with E-state index in [0.717, 1.165) is 27.5 Å². The Morgan fingerprint density at radius 1 is 1.25 bits per heavy atom. The van der Waals surface area contributed by atoms with Crippen LogP contribution in [0.15, 0.2) is 65.0 Å². The molecular formula is C17H15ClN2. The first-order valence-electron chi connectivity index (χ1n) is 6.50. The van der Waals surface area contributed by atoms with Crippen molar-refractivity contribution in [2.75, 3.05) is 7.05 Å². The first kappa shape index (κ1) is 12.9. The van der Waals surface area contributed by atoms with E-state index < -0.39 is 0 Å². The Kier molecular flexibility index (Phi) is 3.33. The molecule has 0 radical (unpaired) electrons. The lowest BCUT2D eigenvalue weighted by atomic mass is 10.1. The molecule has 0 unspecified atom stereocenters. The maximum atomic E-state index is 6.05. The van der Waals surface area contributed by atoms with E-state index >= 15 is 0 Å². The van der Waals surface area contributed by atoms with E-state index in [4.69, 9.17) is 11.6 Å². The summed E-state index contributed by atoms with van der Waals surface area (Å²) in [6.07, 6.45) is 12.3. The molecule has 0 aliphatic carbocycles. The zero-order valence-corrected chi connectivity index (χ0v) is 12.2. The number of aliphatic imine (C=N–C) groups is 1. The molecule has 2 aliphatic rings. The first-order chi connectivity index (χ1) is 9.65. The highest BCUT2D eigenvalue weighted by Gasteiger charge is 2.12. The van der Waals surface area contributed by atoms with Crippen LogP contribution < -0.4 is 0 Å². The summed E-state index contributed by atoms with van der Waals surface area (Å²) in [6.45, 7) is 2.09. The summed E-state index contributed by atoms with van der Waals surface area (Å²) >= 11 is 6.05. The minimum Gasteiger partial charge on any atom is -0.348 e. The van der Waals surface area contributed by atoms with E-state index in [-0.39, 0.29) is 0 Å². The van der Waals surface area contributed by atoms with Crippen molar-refractivity contribution in [2.45, 2.75) is 6.92 Å². The van der Waals surface area contributed by atoms with Gasteiger partial charge in [0.2, 0.25) is 0 Å². The van der Waals surface area contributed by atoms with Crippen LogP contribution in [0.5, 0.6) is 0 Å². The number of fused-ring (bicyclic) bond motifs is 1. The van der Waals surface area contributed by atoms with Gasteiger partial charge in [-0.3, -0.25) is 4.99 Å². The Labute approximate surface area is 124 Å². The number of halogens is 1. The summed E-state index contributed by atoms with van der Waals surface area (Å²) in [7, 11) is 2.06. The van der Waals surface area contributed by atoms with Crippen LogP contribution >= 0.6 is 11.6 Å². The van der Waals surface area contributed by atoms with Crippen LogP contribution in [0, 0.1) is 0 Å². The van der Waals surface area contributed by atoms with Crippen LogP contribution in [0.1, 0.15) is 12.5 Å². The Hall–Kier alpha value is -2.06. The van der Waals surface area contributed by atoms with E-state index in [1.54, 1.807) is 0 Å². The van der Waals surface area contributed by atoms with Crippen LogP contribution in [-0.2, 0) is 0 Å². The van der Waals surface area contributed by atoms with Gasteiger partial charge in [-0.25, -0.2) is 0 Å². The molecule has 1 aromatic carbocycles. The SMILES string of the molecule is CC1=CC=C/C(=C/C=C2\C=Nc3ccc(Cl)cc32)N1C. The van der Waals surface area contributed by atoms with Gasteiger partial charge in [0, 0.05) is 40.8 Å². The maximum absolute atomic E-state index is 6.05. The highest BCUT2D eigenvalue weighted by Crippen LogP contribution is 2.33. The molecule has 3 heteroatoms. The number of allylic oxidation sites excluding steroid dienone is 7. The van der Waals surface area contributed by atoms with Crippen molar-refractivity contribution >= 4 is 29.1 Å². The van der Waals surface area contributed by atoms with E-state index in [1.807, 2.05) is 24.4 Å². The fourth-order valence-corrected chi connectivity index (χ4v) is 2.42. The molecular weight excluding hydrogens is 268 g/mol. The lowest BCUT2D eigenvalue weighted by molar-refractivity contribution is 0.533. The van der Waals surface area contributed by atoms with Gasteiger partial charge in [-0.05, 0) is 43.4 Å². The lowest BCUT2D eigenvalue weighted by Crippen LogP contribution is -2.15.